The van der Waals surface area contributed by atoms with Crippen molar-refractivity contribution < 1.29 is 24.3 Å². The number of piperidine rings is 1. The number of rotatable bonds is 7. The van der Waals surface area contributed by atoms with Crippen molar-refractivity contribution in [1.82, 2.24) is 20.0 Å². The van der Waals surface area contributed by atoms with E-state index >= 15 is 0 Å². The van der Waals surface area contributed by atoms with Crippen LogP contribution in [0.25, 0.3) is 0 Å². The van der Waals surface area contributed by atoms with E-state index < -0.39 is 29.9 Å². The summed E-state index contributed by atoms with van der Waals surface area (Å²) in [6, 6.07) is 18.2. The van der Waals surface area contributed by atoms with Crippen LogP contribution in [0.15, 0.2) is 60.7 Å². The van der Waals surface area contributed by atoms with Gasteiger partial charge in [0.25, 0.3) is 0 Å². The number of carbonyl (C=O) groups is 4. The van der Waals surface area contributed by atoms with Crippen LogP contribution in [-0.4, -0.2) is 88.9 Å². The Labute approximate surface area is 228 Å². The summed E-state index contributed by atoms with van der Waals surface area (Å²) in [6.45, 7) is 2.96. The lowest BCUT2D eigenvalue weighted by atomic mass is 9.78. The predicted octanol–water partition coefficient (Wildman–Crippen LogP) is 2.77. The fourth-order valence-electron chi connectivity index (χ4n) is 6.15. The molecule has 0 bridgehead atoms. The highest BCUT2D eigenvalue weighted by molar-refractivity contribution is 6.07. The first kappa shape index (κ1) is 26.9. The third-order valence-corrected chi connectivity index (χ3v) is 8.40. The molecule has 3 aliphatic rings. The van der Waals surface area contributed by atoms with Gasteiger partial charge in [-0.15, -0.1) is 0 Å². The van der Waals surface area contributed by atoms with E-state index in [-0.39, 0.29) is 24.9 Å². The minimum atomic E-state index is -1.14. The SMILES string of the molecule is O=C(O)[C@@H]1[C@@H](CC2CCNCC2)C(=O)N1C(=O)N1CCN(C(=O)CC(c2ccccc2)c2ccccc2)CC1. The molecule has 2 aromatic rings. The molecule has 0 spiro atoms. The number of amides is 4. The van der Waals surface area contributed by atoms with Gasteiger partial charge in [-0.3, -0.25) is 9.59 Å². The molecule has 39 heavy (non-hydrogen) atoms. The van der Waals surface area contributed by atoms with E-state index in [0.29, 0.717) is 31.8 Å². The molecule has 3 fully saturated rings. The number of carboxylic acids is 1. The molecule has 2 aromatic carbocycles. The second kappa shape index (κ2) is 12.0. The Bertz CT molecular complexity index is 1140. The molecule has 4 amide bonds. The van der Waals surface area contributed by atoms with Crippen molar-refractivity contribution in [2.24, 2.45) is 11.8 Å². The average molecular weight is 533 g/mol. The van der Waals surface area contributed by atoms with E-state index in [0.717, 1.165) is 42.0 Å². The number of benzene rings is 2. The molecule has 206 valence electrons. The Morgan fingerprint density at radius 1 is 0.846 bits per heavy atom. The summed E-state index contributed by atoms with van der Waals surface area (Å²) in [4.78, 5) is 55.7. The van der Waals surface area contributed by atoms with Crippen molar-refractivity contribution in [3.8, 4) is 0 Å². The fraction of sp³-hybridized carbons (Fsp3) is 0.467. The zero-order valence-electron chi connectivity index (χ0n) is 22.1. The Morgan fingerprint density at radius 2 is 1.38 bits per heavy atom. The summed E-state index contributed by atoms with van der Waals surface area (Å²) >= 11 is 0. The van der Waals surface area contributed by atoms with E-state index in [4.69, 9.17) is 0 Å². The van der Waals surface area contributed by atoms with Crippen molar-refractivity contribution >= 4 is 23.8 Å². The zero-order chi connectivity index (χ0) is 27.4. The summed E-state index contributed by atoms with van der Waals surface area (Å²) < 4.78 is 0. The quantitative estimate of drug-likeness (QED) is 0.531. The molecule has 0 aromatic heterocycles. The van der Waals surface area contributed by atoms with E-state index in [2.05, 4.69) is 5.32 Å². The second-order valence-corrected chi connectivity index (χ2v) is 10.8. The van der Waals surface area contributed by atoms with Gasteiger partial charge in [0.05, 0.1) is 5.92 Å². The molecular weight excluding hydrogens is 496 g/mol. The van der Waals surface area contributed by atoms with Crippen LogP contribution in [0.2, 0.25) is 0 Å². The molecule has 0 unspecified atom stereocenters. The molecule has 0 aliphatic carbocycles. The second-order valence-electron chi connectivity index (χ2n) is 10.8. The first-order chi connectivity index (χ1) is 18.9. The molecule has 3 saturated heterocycles. The van der Waals surface area contributed by atoms with Gasteiger partial charge in [0.2, 0.25) is 11.8 Å². The standard InChI is InChI=1S/C30H36N4O5/c35-26(20-24(22-7-3-1-4-8-22)23-9-5-2-6-10-23)32-15-17-33(18-16-32)30(39)34-27(29(37)38)25(28(34)36)19-21-11-13-31-14-12-21/h1-10,21,24-25,27,31H,11-20H2,(H,37,38)/t25-,27+/m1/s1. The Balaban J connectivity index is 1.18. The molecule has 2 atom stereocenters. The van der Waals surface area contributed by atoms with E-state index in [9.17, 15) is 24.3 Å². The summed E-state index contributed by atoms with van der Waals surface area (Å²) in [6.07, 6.45) is 2.64. The Kier molecular flexibility index (Phi) is 8.26. The van der Waals surface area contributed by atoms with Gasteiger partial charge in [0.1, 0.15) is 0 Å². The number of carbonyl (C=O) groups excluding carboxylic acids is 3. The van der Waals surface area contributed by atoms with Crippen LogP contribution >= 0.6 is 0 Å². The third kappa shape index (κ3) is 5.83. The Morgan fingerprint density at radius 3 is 1.92 bits per heavy atom. The number of hydrogen-bond donors (Lipinski definition) is 2. The van der Waals surface area contributed by atoms with Crippen LogP contribution in [0.1, 0.15) is 42.7 Å². The lowest BCUT2D eigenvalue weighted by molar-refractivity contribution is -0.167. The Hall–Kier alpha value is -3.72. The van der Waals surface area contributed by atoms with Crippen molar-refractivity contribution in [1.29, 1.82) is 0 Å². The van der Waals surface area contributed by atoms with Crippen molar-refractivity contribution in [2.75, 3.05) is 39.3 Å². The number of nitrogens with zero attached hydrogens (tertiary/aromatic N) is 3. The molecule has 0 radical (unpaired) electrons. The van der Waals surface area contributed by atoms with Gasteiger partial charge < -0.3 is 20.2 Å². The minimum absolute atomic E-state index is 0.00489. The van der Waals surface area contributed by atoms with Crippen LogP contribution < -0.4 is 5.32 Å². The smallest absolute Gasteiger partial charge is 0.327 e. The number of urea groups is 1. The van der Waals surface area contributed by atoms with Gasteiger partial charge in [-0.2, -0.15) is 0 Å². The molecule has 3 aliphatic heterocycles. The molecule has 9 heteroatoms. The summed E-state index contributed by atoms with van der Waals surface area (Å²) in [5, 5.41) is 13.1. The van der Waals surface area contributed by atoms with Gasteiger partial charge in [-0.1, -0.05) is 60.7 Å². The van der Waals surface area contributed by atoms with E-state index in [1.165, 1.54) is 4.90 Å². The molecule has 0 saturated carbocycles. The van der Waals surface area contributed by atoms with Gasteiger partial charge in [-0.25, -0.2) is 14.5 Å². The maximum Gasteiger partial charge on any atom is 0.327 e. The molecule has 3 heterocycles. The van der Waals surface area contributed by atoms with Crippen molar-refractivity contribution in [3.63, 3.8) is 0 Å². The number of imide groups is 1. The zero-order valence-corrected chi connectivity index (χ0v) is 22.1. The van der Waals surface area contributed by atoms with Crippen LogP contribution in [-0.2, 0) is 14.4 Å². The van der Waals surface area contributed by atoms with Crippen LogP contribution in [0.5, 0.6) is 0 Å². The highest BCUT2D eigenvalue weighted by Gasteiger charge is 2.56. The number of nitrogens with one attached hydrogen (secondary N) is 1. The lowest BCUT2D eigenvalue weighted by Crippen LogP contribution is -2.69. The van der Waals surface area contributed by atoms with Gasteiger partial charge in [-0.05, 0) is 49.4 Å². The first-order valence-corrected chi connectivity index (χ1v) is 13.9. The van der Waals surface area contributed by atoms with Gasteiger partial charge >= 0.3 is 12.0 Å². The monoisotopic (exact) mass is 532 g/mol. The molecule has 5 rings (SSSR count). The number of piperazine rings is 1. The van der Waals surface area contributed by atoms with E-state index in [1.54, 1.807) is 4.90 Å². The minimum Gasteiger partial charge on any atom is -0.480 e. The van der Waals surface area contributed by atoms with Crippen molar-refractivity contribution in [3.05, 3.63) is 71.8 Å². The highest BCUT2D eigenvalue weighted by atomic mass is 16.4. The molecule has 9 nitrogen and oxygen atoms in total. The number of aliphatic carboxylic acids is 1. The predicted molar refractivity (Wildman–Crippen MR) is 145 cm³/mol. The fourth-order valence-corrected chi connectivity index (χ4v) is 6.15. The first-order valence-electron chi connectivity index (χ1n) is 13.9. The van der Waals surface area contributed by atoms with E-state index in [1.807, 2.05) is 60.7 Å². The van der Waals surface area contributed by atoms with Crippen LogP contribution in [0.3, 0.4) is 0 Å². The number of likely N-dealkylation sites (tertiary alicyclic amines) is 1. The number of β-lactam (4-membered cyclic amide) rings is 1. The van der Waals surface area contributed by atoms with Gasteiger partial charge in [0.15, 0.2) is 6.04 Å². The topological polar surface area (TPSA) is 110 Å². The third-order valence-electron chi connectivity index (χ3n) is 8.40. The van der Waals surface area contributed by atoms with Crippen molar-refractivity contribution in [2.45, 2.75) is 37.6 Å². The van der Waals surface area contributed by atoms with Crippen LogP contribution in [0, 0.1) is 11.8 Å². The highest BCUT2D eigenvalue weighted by Crippen LogP contribution is 2.36. The summed E-state index contributed by atoms with van der Waals surface area (Å²) in [5.41, 5.74) is 2.14. The molecule has 2 N–H and O–H groups in total. The normalized spacial score (nSPS) is 22.1. The maximum absolute atomic E-state index is 13.3. The lowest BCUT2D eigenvalue weighted by Gasteiger charge is -2.47. The summed E-state index contributed by atoms with van der Waals surface area (Å²) in [7, 11) is 0. The largest absolute Gasteiger partial charge is 0.480 e. The number of hydrogen-bond acceptors (Lipinski definition) is 5. The number of carboxylic acid groups (broad SMARTS) is 1. The van der Waals surface area contributed by atoms with Crippen LogP contribution in [0.4, 0.5) is 4.79 Å². The average Bonchev–Trinajstić information content (AvgIpc) is 2.98. The molecular formula is C30H36N4O5. The maximum atomic E-state index is 13.3. The summed E-state index contributed by atoms with van der Waals surface area (Å²) in [5.74, 6) is -1.95. The van der Waals surface area contributed by atoms with Gasteiger partial charge in [0, 0.05) is 38.5 Å².